The minimum atomic E-state index is -1.08. The lowest BCUT2D eigenvalue weighted by molar-refractivity contribution is -0.118. The molecule has 0 saturated heterocycles. The zero-order valence-corrected chi connectivity index (χ0v) is 19.0. The molecule has 3 N–H and O–H groups in total. The van der Waals surface area contributed by atoms with Crippen LogP contribution in [0.5, 0.6) is 0 Å². The fourth-order valence-electron chi connectivity index (χ4n) is 4.24. The highest BCUT2D eigenvalue weighted by Crippen LogP contribution is 2.44. The maximum Gasteiger partial charge on any atom is 0.407 e. The van der Waals surface area contributed by atoms with Crippen LogP contribution in [0.2, 0.25) is 0 Å². The Morgan fingerprint density at radius 1 is 0.971 bits per heavy atom. The number of anilines is 1. The molecule has 0 spiro atoms. The molecular weight excluding hydrogens is 432 g/mol. The molecule has 2 amide bonds. The van der Waals surface area contributed by atoms with Gasteiger partial charge in [0.15, 0.2) is 0 Å². The van der Waals surface area contributed by atoms with Crippen LogP contribution < -0.4 is 10.6 Å². The minimum absolute atomic E-state index is 0.0680. The number of nitrogens with one attached hydrogen (secondary N) is 2. The minimum Gasteiger partial charge on any atom is -0.478 e. The van der Waals surface area contributed by atoms with Gasteiger partial charge in [0, 0.05) is 11.6 Å². The van der Waals surface area contributed by atoms with Crippen LogP contribution in [0, 0.1) is 6.92 Å². The molecule has 1 aliphatic carbocycles. The Hall–Kier alpha value is -4.13. The third-order valence-corrected chi connectivity index (χ3v) is 6.10. The first-order chi connectivity index (χ1) is 16.4. The number of amides is 2. The molecule has 174 valence electrons. The van der Waals surface area contributed by atoms with Crippen LogP contribution in [-0.2, 0) is 9.53 Å². The highest BCUT2D eigenvalue weighted by molar-refractivity contribution is 5.98. The number of carboxylic acid groups (broad SMARTS) is 1. The summed E-state index contributed by atoms with van der Waals surface area (Å²) >= 11 is 0. The SMILES string of the molecule is CC[C@@H](NC(=O)OCC1c2ccccc2-c2ccccc21)C(=O)Nc1cc(C(=O)O)ccc1C. The molecule has 0 aromatic heterocycles. The number of aromatic carboxylic acids is 1. The highest BCUT2D eigenvalue weighted by Gasteiger charge is 2.29. The summed E-state index contributed by atoms with van der Waals surface area (Å²) in [4.78, 5) is 36.6. The molecule has 34 heavy (non-hydrogen) atoms. The molecule has 3 aromatic rings. The number of fused-ring (bicyclic) bond motifs is 3. The highest BCUT2D eigenvalue weighted by atomic mass is 16.5. The van der Waals surface area contributed by atoms with Crippen molar-refractivity contribution in [1.82, 2.24) is 5.32 Å². The molecule has 4 rings (SSSR count). The fourth-order valence-corrected chi connectivity index (χ4v) is 4.24. The summed E-state index contributed by atoms with van der Waals surface area (Å²) in [5.41, 5.74) is 5.66. The third kappa shape index (κ3) is 4.64. The topological polar surface area (TPSA) is 105 Å². The Morgan fingerprint density at radius 2 is 1.59 bits per heavy atom. The average molecular weight is 459 g/mol. The Labute approximate surface area is 197 Å². The molecule has 0 fully saturated rings. The van der Waals surface area contributed by atoms with Gasteiger partial charge in [-0.3, -0.25) is 4.79 Å². The van der Waals surface area contributed by atoms with E-state index in [9.17, 15) is 19.5 Å². The number of hydrogen-bond donors (Lipinski definition) is 3. The smallest absolute Gasteiger partial charge is 0.407 e. The van der Waals surface area contributed by atoms with Crippen molar-refractivity contribution in [3.8, 4) is 11.1 Å². The summed E-state index contributed by atoms with van der Waals surface area (Å²) in [5.74, 6) is -1.60. The lowest BCUT2D eigenvalue weighted by Crippen LogP contribution is -2.44. The van der Waals surface area contributed by atoms with Gasteiger partial charge >= 0.3 is 12.1 Å². The maximum absolute atomic E-state index is 12.8. The molecule has 0 heterocycles. The number of ether oxygens (including phenoxy) is 1. The van der Waals surface area contributed by atoms with E-state index in [0.717, 1.165) is 22.3 Å². The van der Waals surface area contributed by atoms with Crippen LogP contribution >= 0.6 is 0 Å². The Morgan fingerprint density at radius 3 is 2.18 bits per heavy atom. The second-order valence-corrected chi connectivity index (χ2v) is 8.25. The van der Waals surface area contributed by atoms with Crippen molar-refractivity contribution in [3.05, 3.63) is 89.0 Å². The first-order valence-electron chi connectivity index (χ1n) is 11.1. The normalized spacial score (nSPS) is 12.9. The van der Waals surface area contributed by atoms with Crippen LogP contribution in [-0.4, -0.2) is 35.7 Å². The van der Waals surface area contributed by atoms with Gasteiger partial charge in [0.1, 0.15) is 12.6 Å². The van der Waals surface area contributed by atoms with Crippen LogP contribution in [0.4, 0.5) is 10.5 Å². The van der Waals surface area contributed by atoms with Gasteiger partial charge in [-0.15, -0.1) is 0 Å². The van der Waals surface area contributed by atoms with Gasteiger partial charge < -0.3 is 20.5 Å². The summed E-state index contributed by atoms with van der Waals surface area (Å²) in [7, 11) is 0. The molecule has 0 saturated carbocycles. The summed E-state index contributed by atoms with van der Waals surface area (Å²) in [6.45, 7) is 3.69. The maximum atomic E-state index is 12.8. The van der Waals surface area contributed by atoms with Gasteiger partial charge in [0.2, 0.25) is 5.91 Å². The van der Waals surface area contributed by atoms with Gasteiger partial charge in [0.05, 0.1) is 5.56 Å². The van der Waals surface area contributed by atoms with E-state index in [1.807, 2.05) is 36.4 Å². The van der Waals surface area contributed by atoms with E-state index >= 15 is 0 Å². The van der Waals surface area contributed by atoms with Crippen LogP contribution in [0.25, 0.3) is 11.1 Å². The van der Waals surface area contributed by atoms with E-state index in [1.54, 1.807) is 19.9 Å². The lowest BCUT2D eigenvalue weighted by atomic mass is 9.98. The van der Waals surface area contributed by atoms with E-state index in [2.05, 4.69) is 22.8 Å². The number of rotatable bonds is 7. The lowest BCUT2D eigenvalue weighted by Gasteiger charge is -2.19. The van der Waals surface area contributed by atoms with E-state index < -0.39 is 24.0 Å². The van der Waals surface area contributed by atoms with Crippen molar-refractivity contribution >= 4 is 23.7 Å². The number of carbonyl (C=O) groups excluding carboxylic acids is 2. The van der Waals surface area contributed by atoms with Crippen molar-refractivity contribution in [2.45, 2.75) is 32.2 Å². The Kier molecular flexibility index (Phi) is 6.63. The summed E-state index contributed by atoms with van der Waals surface area (Å²) < 4.78 is 5.54. The van der Waals surface area contributed by atoms with Crippen molar-refractivity contribution in [3.63, 3.8) is 0 Å². The second kappa shape index (κ2) is 9.79. The number of benzene rings is 3. The summed E-state index contributed by atoms with van der Waals surface area (Å²) in [6.07, 6.45) is -0.340. The molecule has 0 aliphatic heterocycles. The van der Waals surface area contributed by atoms with E-state index in [-0.39, 0.29) is 18.1 Å². The molecule has 7 heteroatoms. The predicted octanol–water partition coefficient (Wildman–Crippen LogP) is 4.95. The monoisotopic (exact) mass is 458 g/mol. The van der Waals surface area contributed by atoms with Crippen LogP contribution in [0.3, 0.4) is 0 Å². The van der Waals surface area contributed by atoms with Gasteiger partial charge in [-0.25, -0.2) is 9.59 Å². The largest absolute Gasteiger partial charge is 0.478 e. The van der Waals surface area contributed by atoms with Gasteiger partial charge in [0.25, 0.3) is 0 Å². The van der Waals surface area contributed by atoms with Gasteiger partial charge in [-0.1, -0.05) is 61.5 Å². The van der Waals surface area contributed by atoms with Crippen LogP contribution in [0.15, 0.2) is 66.7 Å². The van der Waals surface area contributed by atoms with Crippen molar-refractivity contribution in [2.24, 2.45) is 0 Å². The molecule has 1 aliphatic rings. The van der Waals surface area contributed by atoms with E-state index in [1.165, 1.54) is 12.1 Å². The van der Waals surface area contributed by atoms with Gasteiger partial charge in [-0.2, -0.15) is 0 Å². The Bertz CT molecular complexity index is 1210. The number of aryl methyl sites for hydroxylation is 1. The molecular formula is C27H26N2O5. The number of carbonyl (C=O) groups is 3. The average Bonchev–Trinajstić information content (AvgIpc) is 3.16. The molecule has 1 atom stereocenters. The zero-order chi connectivity index (χ0) is 24.2. The molecule has 7 nitrogen and oxygen atoms in total. The summed E-state index contributed by atoms with van der Waals surface area (Å²) in [5, 5.41) is 14.5. The first kappa shape index (κ1) is 23.0. The predicted molar refractivity (Wildman–Crippen MR) is 129 cm³/mol. The number of hydrogen-bond acceptors (Lipinski definition) is 4. The molecule has 3 aromatic carbocycles. The number of carboxylic acids is 1. The Balaban J connectivity index is 1.40. The van der Waals surface area contributed by atoms with Gasteiger partial charge in [-0.05, 0) is 53.3 Å². The quantitative estimate of drug-likeness (QED) is 0.465. The summed E-state index contributed by atoms with van der Waals surface area (Å²) in [6, 6.07) is 19.8. The molecule has 0 bridgehead atoms. The second-order valence-electron chi connectivity index (χ2n) is 8.25. The van der Waals surface area contributed by atoms with Crippen molar-refractivity contribution in [1.29, 1.82) is 0 Å². The fraction of sp³-hybridized carbons (Fsp3) is 0.222. The van der Waals surface area contributed by atoms with E-state index in [0.29, 0.717) is 17.7 Å². The first-order valence-corrected chi connectivity index (χ1v) is 11.1. The third-order valence-electron chi connectivity index (χ3n) is 6.10. The number of alkyl carbamates (subject to hydrolysis) is 1. The van der Waals surface area contributed by atoms with Crippen LogP contribution in [0.1, 0.15) is 46.3 Å². The van der Waals surface area contributed by atoms with Crippen molar-refractivity contribution in [2.75, 3.05) is 11.9 Å². The molecule has 0 unspecified atom stereocenters. The van der Waals surface area contributed by atoms with E-state index in [4.69, 9.17) is 4.74 Å². The molecule has 0 radical (unpaired) electrons. The van der Waals surface area contributed by atoms with Crippen molar-refractivity contribution < 1.29 is 24.2 Å². The zero-order valence-electron chi connectivity index (χ0n) is 19.0. The standard InChI is InChI=1S/C27H26N2O5/c1-3-23(25(30)28-24-14-17(26(31)32)13-12-16(24)2)29-27(33)34-15-22-20-10-6-4-8-18(20)19-9-5-7-11-21(19)22/h4-14,22-23H,3,15H2,1-2H3,(H,28,30)(H,29,33)(H,31,32)/t23-/m1/s1.